The number of nitrogens with two attached hydrogens (primary N) is 1. The molecule has 15 heavy (non-hydrogen) atoms. The van der Waals surface area contributed by atoms with Crippen LogP contribution >= 0.6 is 11.6 Å². The summed E-state index contributed by atoms with van der Waals surface area (Å²) in [5, 5.41) is 0.212. The van der Waals surface area contributed by atoms with Crippen LogP contribution in [-0.2, 0) is 0 Å². The van der Waals surface area contributed by atoms with Crippen molar-refractivity contribution in [1.82, 2.24) is 14.5 Å². The molecule has 0 aliphatic rings. The lowest BCUT2D eigenvalue weighted by atomic mass is 10.3. The van der Waals surface area contributed by atoms with Crippen molar-refractivity contribution in [2.45, 2.75) is 0 Å². The Morgan fingerprint density at radius 3 is 2.80 bits per heavy atom. The number of aromatic nitrogens is 3. The highest BCUT2D eigenvalue weighted by Gasteiger charge is 2.08. The Labute approximate surface area is 90.5 Å². The summed E-state index contributed by atoms with van der Waals surface area (Å²) in [5.41, 5.74) is 5.87. The fourth-order valence-electron chi connectivity index (χ4n) is 1.16. The van der Waals surface area contributed by atoms with Crippen molar-refractivity contribution in [3.05, 3.63) is 41.7 Å². The molecule has 0 radical (unpaired) electrons. The van der Waals surface area contributed by atoms with Crippen LogP contribution in [0.5, 0.6) is 0 Å². The predicted molar refractivity (Wildman–Crippen MR) is 54.9 cm³/mol. The predicted octanol–water partition coefficient (Wildman–Crippen LogP) is 1.02. The Hall–Kier alpha value is -1.88. The van der Waals surface area contributed by atoms with Crippen molar-refractivity contribution in [3.8, 4) is 5.69 Å². The van der Waals surface area contributed by atoms with Crippen LogP contribution in [0.15, 0.2) is 30.9 Å². The lowest BCUT2D eigenvalue weighted by Crippen LogP contribution is -2.13. The molecule has 0 fully saturated rings. The van der Waals surface area contributed by atoms with E-state index < -0.39 is 5.91 Å². The highest BCUT2D eigenvalue weighted by Crippen LogP contribution is 2.17. The van der Waals surface area contributed by atoms with Gasteiger partial charge in [-0.3, -0.25) is 4.79 Å². The maximum absolute atomic E-state index is 10.8. The van der Waals surface area contributed by atoms with Gasteiger partial charge < -0.3 is 10.3 Å². The first kappa shape index (κ1) is 9.67. The number of hydrogen-bond acceptors (Lipinski definition) is 3. The molecule has 0 aromatic carbocycles. The molecule has 0 unspecified atom stereocenters. The third kappa shape index (κ3) is 1.82. The first-order valence-corrected chi connectivity index (χ1v) is 4.51. The molecule has 0 saturated carbocycles. The van der Waals surface area contributed by atoms with Crippen molar-refractivity contribution >= 4 is 17.5 Å². The van der Waals surface area contributed by atoms with Crippen LogP contribution in [0.25, 0.3) is 5.69 Å². The minimum absolute atomic E-state index is 0.142. The van der Waals surface area contributed by atoms with Gasteiger partial charge in [-0.05, 0) is 12.1 Å². The van der Waals surface area contributed by atoms with Crippen LogP contribution in [0.3, 0.4) is 0 Å². The van der Waals surface area contributed by atoms with Gasteiger partial charge >= 0.3 is 0 Å². The minimum atomic E-state index is -0.603. The van der Waals surface area contributed by atoms with E-state index in [1.54, 1.807) is 29.4 Å². The van der Waals surface area contributed by atoms with Gasteiger partial charge in [0.1, 0.15) is 5.69 Å². The summed E-state index contributed by atoms with van der Waals surface area (Å²) in [6.07, 6.45) is 4.94. The quantitative estimate of drug-likeness (QED) is 0.771. The smallest absolute Gasteiger partial charge is 0.267 e. The molecule has 2 aromatic rings. The molecule has 0 spiro atoms. The van der Waals surface area contributed by atoms with E-state index in [-0.39, 0.29) is 10.8 Å². The fourth-order valence-corrected chi connectivity index (χ4v) is 1.41. The number of rotatable bonds is 2. The molecule has 1 amide bonds. The van der Waals surface area contributed by atoms with Gasteiger partial charge in [-0.1, -0.05) is 11.6 Å². The molecule has 2 rings (SSSR count). The SMILES string of the molecule is NC(=O)c1ccc(-n2ccnc2)c(Cl)n1. The zero-order valence-electron chi connectivity index (χ0n) is 7.59. The maximum atomic E-state index is 10.8. The van der Waals surface area contributed by atoms with Crippen molar-refractivity contribution in [1.29, 1.82) is 0 Å². The lowest BCUT2D eigenvalue weighted by molar-refractivity contribution is 0.0995. The molecule has 0 saturated heterocycles. The van der Waals surface area contributed by atoms with Gasteiger partial charge in [0, 0.05) is 12.4 Å². The van der Waals surface area contributed by atoms with E-state index >= 15 is 0 Å². The van der Waals surface area contributed by atoms with E-state index in [1.165, 1.54) is 6.07 Å². The van der Waals surface area contributed by atoms with Gasteiger partial charge in [0.15, 0.2) is 5.15 Å². The van der Waals surface area contributed by atoms with E-state index in [4.69, 9.17) is 17.3 Å². The maximum Gasteiger partial charge on any atom is 0.267 e. The molecule has 5 nitrogen and oxygen atoms in total. The largest absolute Gasteiger partial charge is 0.364 e. The van der Waals surface area contributed by atoms with Crippen LogP contribution in [0.2, 0.25) is 5.15 Å². The van der Waals surface area contributed by atoms with Crippen molar-refractivity contribution in [3.63, 3.8) is 0 Å². The number of imidazole rings is 1. The molecule has 0 bridgehead atoms. The number of carbonyl (C=O) groups excluding carboxylic acids is 1. The van der Waals surface area contributed by atoms with E-state index in [0.717, 1.165) is 0 Å². The molecule has 76 valence electrons. The number of carbonyl (C=O) groups is 1. The van der Waals surface area contributed by atoms with Crippen LogP contribution in [0.1, 0.15) is 10.5 Å². The van der Waals surface area contributed by atoms with Gasteiger partial charge in [-0.25, -0.2) is 9.97 Å². The fraction of sp³-hybridized carbons (Fsp3) is 0. The van der Waals surface area contributed by atoms with Gasteiger partial charge in [0.25, 0.3) is 5.91 Å². The highest BCUT2D eigenvalue weighted by atomic mass is 35.5. The molecular weight excluding hydrogens is 216 g/mol. The molecule has 2 aromatic heterocycles. The van der Waals surface area contributed by atoms with Crippen molar-refractivity contribution < 1.29 is 4.79 Å². The summed E-state index contributed by atoms with van der Waals surface area (Å²) in [7, 11) is 0. The van der Waals surface area contributed by atoms with Gasteiger partial charge in [0.2, 0.25) is 0 Å². The zero-order valence-corrected chi connectivity index (χ0v) is 8.35. The zero-order chi connectivity index (χ0) is 10.8. The summed E-state index contributed by atoms with van der Waals surface area (Å²) in [5.74, 6) is -0.603. The van der Waals surface area contributed by atoms with Crippen LogP contribution < -0.4 is 5.73 Å². The minimum Gasteiger partial charge on any atom is -0.364 e. The van der Waals surface area contributed by atoms with E-state index in [0.29, 0.717) is 5.69 Å². The third-order valence-corrected chi connectivity index (χ3v) is 2.14. The summed E-state index contributed by atoms with van der Waals surface area (Å²) in [6, 6.07) is 3.18. The van der Waals surface area contributed by atoms with Crippen LogP contribution in [0, 0.1) is 0 Å². The van der Waals surface area contributed by atoms with Crippen LogP contribution in [0.4, 0.5) is 0 Å². The Balaban J connectivity index is 2.48. The Kier molecular flexibility index (Phi) is 2.39. The molecule has 2 N–H and O–H groups in total. The summed E-state index contributed by atoms with van der Waals surface area (Å²) < 4.78 is 1.69. The monoisotopic (exact) mass is 222 g/mol. The normalized spacial score (nSPS) is 10.2. The molecule has 0 aliphatic heterocycles. The number of amides is 1. The van der Waals surface area contributed by atoms with Gasteiger partial charge in [0.05, 0.1) is 12.0 Å². The highest BCUT2D eigenvalue weighted by molar-refractivity contribution is 6.31. The van der Waals surface area contributed by atoms with E-state index in [9.17, 15) is 4.79 Å². The Morgan fingerprint density at radius 1 is 1.47 bits per heavy atom. The Bertz CT molecular complexity index is 495. The van der Waals surface area contributed by atoms with Crippen LogP contribution in [-0.4, -0.2) is 20.4 Å². The van der Waals surface area contributed by atoms with E-state index in [1.807, 2.05) is 0 Å². The lowest BCUT2D eigenvalue weighted by Gasteiger charge is -2.04. The summed E-state index contributed by atoms with van der Waals surface area (Å²) in [6.45, 7) is 0. The molecule has 2 heterocycles. The van der Waals surface area contributed by atoms with E-state index in [2.05, 4.69) is 9.97 Å². The second-order valence-corrected chi connectivity index (χ2v) is 3.20. The molecule has 0 aliphatic carbocycles. The van der Waals surface area contributed by atoms with Crippen molar-refractivity contribution in [2.24, 2.45) is 5.73 Å². The number of nitrogens with zero attached hydrogens (tertiary/aromatic N) is 3. The second-order valence-electron chi connectivity index (χ2n) is 2.84. The summed E-state index contributed by atoms with van der Waals surface area (Å²) >= 11 is 5.90. The topological polar surface area (TPSA) is 73.8 Å². The number of hydrogen-bond donors (Lipinski definition) is 1. The average Bonchev–Trinajstić information content (AvgIpc) is 2.70. The molecule has 6 heteroatoms. The summed E-state index contributed by atoms with van der Waals surface area (Å²) in [4.78, 5) is 18.6. The first-order chi connectivity index (χ1) is 7.18. The Morgan fingerprint density at radius 2 is 2.27 bits per heavy atom. The van der Waals surface area contributed by atoms with Crippen molar-refractivity contribution in [2.75, 3.05) is 0 Å². The molecule has 0 atom stereocenters. The number of pyridine rings is 1. The average molecular weight is 223 g/mol. The standard InChI is InChI=1S/C9H7ClN4O/c10-8-7(14-4-3-12-5-14)2-1-6(13-8)9(11)15/h1-5H,(H2,11,15). The second kappa shape index (κ2) is 3.70. The number of primary amides is 1. The molecular formula is C9H7ClN4O. The van der Waals surface area contributed by atoms with Gasteiger partial charge in [-0.15, -0.1) is 0 Å². The van der Waals surface area contributed by atoms with Gasteiger partial charge in [-0.2, -0.15) is 0 Å². The first-order valence-electron chi connectivity index (χ1n) is 4.13. The number of halogens is 1. The third-order valence-electron chi connectivity index (χ3n) is 1.86.